The standard InChI is InChI=1S/C16H18BrNO3/c1-10(2)21-14-7-5-4-6-12(14)11(3)18-16(19)13-8-9-20-15(13)17/h4-11H,1-3H3,(H,18,19). The molecule has 112 valence electrons. The number of benzene rings is 1. The highest BCUT2D eigenvalue weighted by atomic mass is 79.9. The van der Waals surface area contributed by atoms with E-state index in [-0.39, 0.29) is 18.1 Å². The maximum absolute atomic E-state index is 12.2. The molecule has 0 saturated carbocycles. The molecule has 0 fully saturated rings. The van der Waals surface area contributed by atoms with Gasteiger partial charge in [0.25, 0.3) is 5.91 Å². The first-order valence-corrected chi connectivity index (χ1v) is 7.57. The lowest BCUT2D eigenvalue weighted by Crippen LogP contribution is -2.27. The zero-order valence-corrected chi connectivity index (χ0v) is 13.8. The fraction of sp³-hybridized carbons (Fsp3) is 0.312. The van der Waals surface area contributed by atoms with Crippen molar-refractivity contribution in [3.63, 3.8) is 0 Å². The average molecular weight is 352 g/mol. The summed E-state index contributed by atoms with van der Waals surface area (Å²) in [6.45, 7) is 5.87. The summed E-state index contributed by atoms with van der Waals surface area (Å²) in [6, 6.07) is 9.16. The van der Waals surface area contributed by atoms with Crippen LogP contribution < -0.4 is 10.1 Å². The normalized spacial score (nSPS) is 12.2. The van der Waals surface area contributed by atoms with Crippen LogP contribution in [0.25, 0.3) is 0 Å². The highest BCUT2D eigenvalue weighted by molar-refractivity contribution is 9.10. The first kappa shape index (κ1) is 15.6. The van der Waals surface area contributed by atoms with Crippen LogP contribution in [-0.2, 0) is 0 Å². The van der Waals surface area contributed by atoms with Crippen molar-refractivity contribution in [2.75, 3.05) is 0 Å². The van der Waals surface area contributed by atoms with Crippen LogP contribution in [0, 0.1) is 0 Å². The van der Waals surface area contributed by atoms with Gasteiger partial charge in [-0.05, 0) is 48.8 Å². The van der Waals surface area contributed by atoms with Crippen LogP contribution in [0.1, 0.15) is 42.7 Å². The third kappa shape index (κ3) is 3.88. The molecule has 1 amide bonds. The minimum absolute atomic E-state index is 0.0806. The number of carbonyl (C=O) groups is 1. The Bertz CT molecular complexity index is 621. The largest absolute Gasteiger partial charge is 0.491 e. The predicted molar refractivity (Wildman–Crippen MR) is 84.5 cm³/mol. The van der Waals surface area contributed by atoms with Gasteiger partial charge in [-0.2, -0.15) is 0 Å². The molecule has 0 bridgehead atoms. The molecule has 0 aliphatic rings. The van der Waals surface area contributed by atoms with E-state index in [1.54, 1.807) is 6.07 Å². The lowest BCUT2D eigenvalue weighted by atomic mass is 10.1. The number of nitrogens with one attached hydrogen (secondary N) is 1. The van der Waals surface area contributed by atoms with Crippen molar-refractivity contribution in [2.45, 2.75) is 32.9 Å². The van der Waals surface area contributed by atoms with Gasteiger partial charge in [-0.1, -0.05) is 18.2 Å². The summed E-state index contributed by atoms with van der Waals surface area (Å²) in [6.07, 6.45) is 1.55. The summed E-state index contributed by atoms with van der Waals surface area (Å²) >= 11 is 3.21. The van der Waals surface area contributed by atoms with Crippen molar-refractivity contribution in [3.05, 3.63) is 52.4 Å². The first-order chi connectivity index (χ1) is 9.99. The molecule has 0 spiro atoms. The van der Waals surface area contributed by atoms with Crippen LogP contribution in [0.3, 0.4) is 0 Å². The van der Waals surface area contributed by atoms with Crippen molar-refractivity contribution in [2.24, 2.45) is 0 Å². The third-order valence-corrected chi connectivity index (χ3v) is 3.57. The van der Waals surface area contributed by atoms with Crippen LogP contribution in [0.4, 0.5) is 0 Å². The molecule has 0 aliphatic heterocycles. The van der Waals surface area contributed by atoms with Crippen LogP contribution >= 0.6 is 15.9 Å². The van der Waals surface area contributed by atoms with E-state index in [1.807, 2.05) is 45.0 Å². The number of hydrogen-bond donors (Lipinski definition) is 1. The Morgan fingerprint density at radius 1 is 1.24 bits per heavy atom. The molecule has 1 N–H and O–H groups in total. The molecule has 2 rings (SSSR count). The van der Waals surface area contributed by atoms with Gasteiger partial charge in [-0.3, -0.25) is 4.79 Å². The number of rotatable bonds is 5. The quantitative estimate of drug-likeness (QED) is 0.872. The van der Waals surface area contributed by atoms with Crippen LogP contribution in [0.15, 0.2) is 45.7 Å². The minimum Gasteiger partial charge on any atom is -0.491 e. The van der Waals surface area contributed by atoms with Gasteiger partial charge in [-0.25, -0.2) is 0 Å². The Balaban J connectivity index is 2.15. The summed E-state index contributed by atoms with van der Waals surface area (Å²) in [7, 11) is 0. The topological polar surface area (TPSA) is 51.5 Å². The smallest absolute Gasteiger partial charge is 0.256 e. The molecule has 1 atom stereocenters. The number of halogens is 1. The van der Waals surface area contributed by atoms with Gasteiger partial charge >= 0.3 is 0 Å². The second kappa shape index (κ2) is 6.80. The number of hydrogen-bond acceptors (Lipinski definition) is 3. The molecule has 0 saturated heterocycles. The molecule has 0 radical (unpaired) electrons. The van der Waals surface area contributed by atoms with E-state index in [4.69, 9.17) is 9.15 Å². The highest BCUT2D eigenvalue weighted by Crippen LogP contribution is 2.26. The maximum atomic E-state index is 12.2. The molecule has 4 nitrogen and oxygen atoms in total. The molecule has 1 unspecified atom stereocenters. The van der Waals surface area contributed by atoms with Crippen LogP contribution in [-0.4, -0.2) is 12.0 Å². The fourth-order valence-electron chi connectivity index (χ4n) is 2.01. The summed E-state index contributed by atoms with van der Waals surface area (Å²) < 4.78 is 11.3. The van der Waals surface area contributed by atoms with Crippen molar-refractivity contribution in [1.82, 2.24) is 5.32 Å². The summed E-state index contributed by atoms with van der Waals surface area (Å²) in [4.78, 5) is 12.2. The van der Waals surface area contributed by atoms with Gasteiger partial charge in [-0.15, -0.1) is 0 Å². The fourth-order valence-corrected chi connectivity index (χ4v) is 2.43. The Kier molecular flexibility index (Phi) is 5.07. The second-order valence-corrected chi connectivity index (χ2v) is 5.73. The maximum Gasteiger partial charge on any atom is 0.256 e. The Morgan fingerprint density at radius 2 is 1.95 bits per heavy atom. The van der Waals surface area contributed by atoms with E-state index in [1.165, 1.54) is 6.26 Å². The Morgan fingerprint density at radius 3 is 2.57 bits per heavy atom. The summed E-state index contributed by atoms with van der Waals surface area (Å²) in [5, 5.41) is 2.94. The minimum atomic E-state index is -0.192. The third-order valence-electron chi connectivity index (χ3n) is 2.96. The molecular formula is C16H18BrNO3. The molecule has 5 heteroatoms. The number of ether oxygens (including phenoxy) is 1. The van der Waals surface area contributed by atoms with Gasteiger partial charge in [0.05, 0.1) is 24.0 Å². The average Bonchev–Trinajstić information content (AvgIpc) is 2.85. The molecule has 1 aromatic carbocycles. The zero-order valence-electron chi connectivity index (χ0n) is 12.2. The van der Waals surface area contributed by atoms with Gasteiger partial charge < -0.3 is 14.5 Å². The van der Waals surface area contributed by atoms with Crippen molar-refractivity contribution >= 4 is 21.8 Å². The van der Waals surface area contributed by atoms with Gasteiger partial charge in [0.15, 0.2) is 4.67 Å². The Labute approximate surface area is 132 Å². The number of furan rings is 1. The van der Waals surface area contributed by atoms with E-state index >= 15 is 0 Å². The highest BCUT2D eigenvalue weighted by Gasteiger charge is 2.18. The predicted octanol–water partition coefficient (Wildman–Crippen LogP) is 4.32. The number of para-hydroxylation sites is 1. The van der Waals surface area contributed by atoms with Crippen LogP contribution in [0.5, 0.6) is 5.75 Å². The van der Waals surface area contributed by atoms with E-state index in [9.17, 15) is 4.79 Å². The van der Waals surface area contributed by atoms with Crippen molar-refractivity contribution in [1.29, 1.82) is 0 Å². The SMILES string of the molecule is CC(C)Oc1ccccc1C(C)NC(=O)c1ccoc1Br. The second-order valence-electron chi connectivity index (χ2n) is 5.01. The first-order valence-electron chi connectivity index (χ1n) is 6.78. The molecule has 1 heterocycles. The number of carbonyl (C=O) groups excluding carboxylic acids is 1. The molecule has 2 aromatic rings. The van der Waals surface area contributed by atoms with E-state index < -0.39 is 0 Å². The molecule has 0 aliphatic carbocycles. The summed E-state index contributed by atoms with van der Waals surface area (Å²) in [5.74, 6) is 0.592. The lowest BCUT2D eigenvalue weighted by molar-refractivity contribution is 0.0937. The van der Waals surface area contributed by atoms with E-state index in [0.717, 1.165) is 11.3 Å². The lowest BCUT2D eigenvalue weighted by Gasteiger charge is -2.19. The molecular weight excluding hydrogens is 334 g/mol. The van der Waals surface area contributed by atoms with Crippen molar-refractivity contribution in [3.8, 4) is 5.75 Å². The Hall–Kier alpha value is -1.75. The zero-order chi connectivity index (χ0) is 15.4. The monoisotopic (exact) mass is 351 g/mol. The molecule has 21 heavy (non-hydrogen) atoms. The van der Waals surface area contributed by atoms with E-state index in [0.29, 0.717) is 10.2 Å². The van der Waals surface area contributed by atoms with Gasteiger partial charge in [0.2, 0.25) is 0 Å². The van der Waals surface area contributed by atoms with Gasteiger partial charge in [0, 0.05) is 5.56 Å². The van der Waals surface area contributed by atoms with E-state index in [2.05, 4.69) is 21.2 Å². The van der Waals surface area contributed by atoms with Crippen LogP contribution in [0.2, 0.25) is 0 Å². The van der Waals surface area contributed by atoms with Gasteiger partial charge in [0.1, 0.15) is 5.75 Å². The van der Waals surface area contributed by atoms with Crippen molar-refractivity contribution < 1.29 is 13.9 Å². The molecule has 1 aromatic heterocycles. The number of amides is 1. The summed E-state index contributed by atoms with van der Waals surface area (Å²) in [5.41, 5.74) is 1.42.